The van der Waals surface area contributed by atoms with Gasteiger partial charge in [0, 0.05) is 19.8 Å². The highest BCUT2D eigenvalue weighted by Crippen LogP contribution is 2.17. The molecular weight excluding hydrogens is 228 g/mol. The van der Waals surface area contributed by atoms with Gasteiger partial charge in [-0.15, -0.1) is 0 Å². The third-order valence-corrected chi connectivity index (χ3v) is 3.37. The number of nitrogens with two attached hydrogens (primary N) is 1. The number of amides is 1. The zero-order chi connectivity index (χ0) is 13.0. The minimum atomic E-state index is -0.762. The van der Waals surface area contributed by atoms with E-state index in [9.17, 15) is 4.79 Å². The Hall–Kier alpha value is -1.39. The van der Waals surface area contributed by atoms with Crippen LogP contribution in [-0.2, 0) is 16.1 Å². The fraction of sp³-hybridized carbons (Fsp3) is 0.500. The molecule has 1 saturated heterocycles. The predicted molar refractivity (Wildman–Crippen MR) is 70.0 cm³/mol. The molecule has 1 aliphatic heterocycles. The standard InChI is InChI=1S/C14H20N2O2/c1-11-3-2-4-12(9-11)10-16-13(17)14(15)5-7-18-8-6-14/h2-4,9H,5-8,10,15H2,1H3,(H,16,17). The van der Waals surface area contributed by atoms with E-state index in [1.54, 1.807) is 0 Å². The fourth-order valence-corrected chi connectivity index (χ4v) is 2.14. The van der Waals surface area contributed by atoms with Crippen LogP contribution in [0.3, 0.4) is 0 Å². The topological polar surface area (TPSA) is 64.4 Å². The van der Waals surface area contributed by atoms with E-state index in [-0.39, 0.29) is 5.91 Å². The molecule has 3 N–H and O–H groups in total. The number of rotatable bonds is 3. The van der Waals surface area contributed by atoms with Crippen LogP contribution < -0.4 is 11.1 Å². The maximum absolute atomic E-state index is 12.1. The summed E-state index contributed by atoms with van der Waals surface area (Å²) < 4.78 is 5.23. The van der Waals surface area contributed by atoms with Crippen molar-refractivity contribution in [3.8, 4) is 0 Å². The molecule has 1 aromatic carbocycles. The Morgan fingerprint density at radius 1 is 1.44 bits per heavy atom. The molecule has 1 aromatic rings. The van der Waals surface area contributed by atoms with Crippen LogP contribution in [0.2, 0.25) is 0 Å². The summed E-state index contributed by atoms with van der Waals surface area (Å²) in [6, 6.07) is 8.09. The van der Waals surface area contributed by atoms with Gasteiger partial charge in [-0.05, 0) is 25.3 Å². The van der Waals surface area contributed by atoms with Crippen LogP contribution in [0.15, 0.2) is 24.3 Å². The largest absolute Gasteiger partial charge is 0.381 e. The van der Waals surface area contributed by atoms with Gasteiger partial charge in [-0.2, -0.15) is 0 Å². The molecule has 1 fully saturated rings. The van der Waals surface area contributed by atoms with E-state index >= 15 is 0 Å². The maximum atomic E-state index is 12.1. The van der Waals surface area contributed by atoms with Gasteiger partial charge in [-0.25, -0.2) is 0 Å². The molecule has 0 radical (unpaired) electrons. The average Bonchev–Trinajstić information content (AvgIpc) is 2.37. The summed E-state index contributed by atoms with van der Waals surface area (Å²) in [5.41, 5.74) is 7.63. The SMILES string of the molecule is Cc1cccc(CNC(=O)C2(N)CCOCC2)c1. The molecule has 0 saturated carbocycles. The molecule has 2 rings (SSSR count). The Bertz CT molecular complexity index is 426. The van der Waals surface area contributed by atoms with E-state index in [0.717, 1.165) is 5.56 Å². The van der Waals surface area contributed by atoms with Crippen LogP contribution in [0.4, 0.5) is 0 Å². The number of hydrogen-bond donors (Lipinski definition) is 2. The molecule has 0 bridgehead atoms. The number of carbonyl (C=O) groups is 1. The van der Waals surface area contributed by atoms with E-state index in [2.05, 4.69) is 11.4 Å². The van der Waals surface area contributed by atoms with Crippen LogP contribution in [0.5, 0.6) is 0 Å². The second-order valence-corrected chi connectivity index (χ2v) is 4.94. The molecule has 0 unspecified atom stereocenters. The first kappa shape index (κ1) is 13.1. The van der Waals surface area contributed by atoms with Crippen molar-refractivity contribution in [2.45, 2.75) is 31.8 Å². The van der Waals surface area contributed by atoms with E-state index in [0.29, 0.717) is 32.6 Å². The highest BCUT2D eigenvalue weighted by atomic mass is 16.5. The molecule has 18 heavy (non-hydrogen) atoms. The molecule has 0 spiro atoms. The van der Waals surface area contributed by atoms with Gasteiger partial charge in [0.25, 0.3) is 0 Å². The van der Waals surface area contributed by atoms with E-state index in [1.165, 1.54) is 5.56 Å². The summed E-state index contributed by atoms with van der Waals surface area (Å²) in [4.78, 5) is 12.1. The van der Waals surface area contributed by atoms with Crippen LogP contribution in [0.25, 0.3) is 0 Å². The lowest BCUT2D eigenvalue weighted by molar-refractivity contribution is -0.129. The number of aryl methyl sites for hydroxylation is 1. The van der Waals surface area contributed by atoms with Crippen LogP contribution in [-0.4, -0.2) is 24.7 Å². The van der Waals surface area contributed by atoms with Gasteiger partial charge in [-0.3, -0.25) is 4.79 Å². The van der Waals surface area contributed by atoms with Crippen molar-refractivity contribution in [3.63, 3.8) is 0 Å². The first-order chi connectivity index (χ1) is 8.60. The van der Waals surface area contributed by atoms with Gasteiger partial charge in [0.05, 0.1) is 5.54 Å². The molecule has 4 nitrogen and oxygen atoms in total. The number of hydrogen-bond acceptors (Lipinski definition) is 3. The van der Waals surface area contributed by atoms with E-state index in [4.69, 9.17) is 10.5 Å². The predicted octanol–water partition coefficient (Wildman–Crippen LogP) is 1.12. The third-order valence-electron chi connectivity index (χ3n) is 3.37. The lowest BCUT2D eigenvalue weighted by atomic mass is 9.90. The monoisotopic (exact) mass is 248 g/mol. The van der Waals surface area contributed by atoms with Crippen molar-refractivity contribution in [1.29, 1.82) is 0 Å². The van der Waals surface area contributed by atoms with Crippen molar-refractivity contribution >= 4 is 5.91 Å². The number of ether oxygens (including phenoxy) is 1. The van der Waals surface area contributed by atoms with E-state index < -0.39 is 5.54 Å². The number of nitrogens with one attached hydrogen (secondary N) is 1. The minimum absolute atomic E-state index is 0.0766. The average molecular weight is 248 g/mol. The summed E-state index contributed by atoms with van der Waals surface area (Å²) in [6.07, 6.45) is 1.18. The lowest BCUT2D eigenvalue weighted by Crippen LogP contribution is -2.56. The quantitative estimate of drug-likeness (QED) is 0.842. The molecule has 98 valence electrons. The Balaban J connectivity index is 1.91. The molecule has 0 aromatic heterocycles. The minimum Gasteiger partial charge on any atom is -0.381 e. The van der Waals surface area contributed by atoms with Crippen molar-refractivity contribution in [2.75, 3.05) is 13.2 Å². The van der Waals surface area contributed by atoms with Crippen LogP contribution >= 0.6 is 0 Å². The number of benzene rings is 1. The first-order valence-corrected chi connectivity index (χ1v) is 6.31. The fourth-order valence-electron chi connectivity index (χ4n) is 2.14. The zero-order valence-electron chi connectivity index (χ0n) is 10.7. The smallest absolute Gasteiger partial charge is 0.240 e. The van der Waals surface area contributed by atoms with Crippen molar-refractivity contribution in [2.24, 2.45) is 5.73 Å². The van der Waals surface area contributed by atoms with Crippen LogP contribution in [0, 0.1) is 6.92 Å². The van der Waals surface area contributed by atoms with Gasteiger partial charge in [-0.1, -0.05) is 29.8 Å². The van der Waals surface area contributed by atoms with E-state index in [1.807, 2.05) is 25.1 Å². The molecule has 1 aliphatic rings. The first-order valence-electron chi connectivity index (χ1n) is 6.31. The van der Waals surface area contributed by atoms with Crippen molar-refractivity contribution in [3.05, 3.63) is 35.4 Å². The molecular formula is C14H20N2O2. The summed E-state index contributed by atoms with van der Waals surface area (Å²) in [6.45, 7) is 3.69. The molecule has 1 heterocycles. The summed E-state index contributed by atoms with van der Waals surface area (Å²) in [5, 5.41) is 2.92. The zero-order valence-corrected chi connectivity index (χ0v) is 10.7. The number of carbonyl (C=O) groups excluding carboxylic acids is 1. The Morgan fingerprint density at radius 2 is 2.17 bits per heavy atom. The normalized spacial score (nSPS) is 18.3. The van der Waals surface area contributed by atoms with Crippen LogP contribution in [0.1, 0.15) is 24.0 Å². The van der Waals surface area contributed by atoms with Gasteiger partial charge in [0.15, 0.2) is 0 Å². The molecule has 1 amide bonds. The second-order valence-electron chi connectivity index (χ2n) is 4.94. The molecule has 0 aliphatic carbocycles. The highest BCUT2D eigenvalue weighted by molar-refractivity contribution is 5.86. The summed E-state index contributed by atoms with van der Waals surface area (Å²) >= 11 is 0. The second kappa shape index (κ2) is 5.50. The summed E-state index contributed by atoms with van der Waals surface area (Å²) in [5.74, 6) is -0.0766. The molecule has 0 atom stereocenters. The summed E-state index contributed by atoms with van der Waals surface area (Å²) in [7, 11) is 0. The van der Waals surface area contributed by atoms with Gasteiger partial charge in [0.2, 0.25) is 5.91 Å². The molecule has 4 heteroatoms. The van der Waals surface area contributed by atoms with Gasteiger partial charge in [0.1, 0.15) is 0 Å². The van der Waals surface area contributed by atoms with Gasteiger partial charge < -0.3 is 15.8 Å². The Labute approximate surface area is 108 Å². The Morgan fingerprint density at radius 3 is 2.83 bits per heavy atom. The highest BCUT2D eigenvalue weighted by Gasteiger charge is 2.35. The van der Waals surface area contributed by atoms with Gasteiger partial charge >= 0.3 is 0 Å². The Kier molecular flexibility index (Phi) is 3.99. The lowest BCUT2D eigenvalue weighted by Gasteiger charge is -2.31. The van der Waals surface area contributed by atoms with Crippen molar-refractivity contribution in [1.82, 2.24) is 5.32 Å². The maximum Gasteiger partial charge on any atom is 0.240 e. The van der Waals surface area contributed by atoms with Crippen molar-refractivity contribution < 1.29 is 9.53 Å². The third kappa shape index (κ3) is 3.09.